The average molecular weight is 409 g/mol. The third-order valence-corrected chi connectivity index (χ3v) is 4.84. The van der Waals surface area contributed by atoms with E-state index in [0.717, 1.165) is 36.2 Å². The average Bonchev–Trinajstić information content (AvgIpc) is 2.62. The summed E-state index contributed by atoms with van der Waals surface area (Å²) >= 11 is 18.2. The maximum Gasteiger partial charge on any atom is 0.219 e. The van der Waals surface area contributed by atoms with Crippen molar-refractivity contribution in [3.8, 4) is 11.6 Å². The number of hydrogen-bond acceptors (Lipinski definition) is 4. The van der Waals surface area contributed by atoms with Gasteiger partial charge in [-0.25, -0.2) is 15.0 Å². The van der Waals surface area contributed by atoms with Gasteiger partial charge in [-0.3, -0.25) is 0 Å². The highest BCUT2D eigenvalue weighted by molar-refractivity contribution is 6.35. The van der Waals surface area contributed by atoms with Crippen LogP contribution in [0.25, 0.3) is 0 Å². The van der Waals surface area contributed by atoms with Gasteiger partial charge >= 0.3 is 0 Å². The zero-order valence-corrected chi connectivity index (χ0v) is 16.3. The first kappa shape index (κ1) is 18.9. The Morgan fingerprint density at radius 1 is 0.962 bits per heavy atom. The summed E-state index contributed by atoms with van der Waals surface area (Å²) in [6.07, 6.45) is 5.92. The van der Waals surface area contributed by atoms with Crippen LogP contribution in [-0.4, -0.2) is 15.0 Å². The van der Waals surface area contributed by atoms with Crippen LogP contribution in [0.15, 0.2) is 42.9 Å². The van der Waals surface area contributed by atoms with Crippen LogP contribution in [0.5, 0.6) is 11.6 Å². The molecule has 0 atom stereocenters. The Morgan fingerprint density at radius 3 is 2.54 bits per heavy atom. The Hall–Kier alpha value is -1.88. The molecule has 0 fully saturated rings. The monoisotopic (exact) mass is 407 g/mol. The van der Waals surface area contributed by atoms with E-state index in [1.54, 1.807) is 30.7 Å². The molecule has 3 rings (SSSR count). The zero-order chi connectivity index (χ0) is 18.5. The number of aromatic nitrogens is 3. The summed E-state index contributed by atoms with van der Waals surface area (Å²) in [6, 6.07) is 8.87. The number of aryl methyl sites for hydroxylation is 3. The lowest BCUT2D eigenvalue weighted by molar-refractivity contribution is 0.462. The fraction of sp³-hybridized carbons (Fsp3) is 0.211. The second-order valence-electron chi connectivity index (χ2n) is 5.75. The van der Waals surface area contributed by atoms with E-state index in [9.17, 15) is 0 Å². The Balaban J connectivity index is 1.57. The van der Waals surface area contributed by atoms with Gasteiger partial charge in [-0.05, 0) is 49.9 Å². The molecule has 0 bridgehead atoms. The van der Waals surface area contributed by atoms with Crippen molar-refractivity contribution in [2.75, 3.05) is 0 Å². The third-order valence-electron chi connectivity index (χ3n) is 3.82. The number of nitrogens with zero attached hydrogens (tertiary/aromatic N) is 3. The van der Waals surface area contributed by atoms with Crippen LogP contribution >= 0.6 is 34.8 Å². The van der Waals surface area contributed by atoms with E-state index in [2.05, 4.69) is 15.0 Å². The molecule has 0 aliphatic carbocycles. The van der Waals surface area contributed by atoms with Crippen molar-refractivity contribution < 1.29 is 4.74 Å². The van der Waals surface area contributed by atoms with E-state index in [4.69, 9.17) is 39.5 Å². The quantitative estimate of drug-likeness (QED) is 0.494. The van der Waals surface area contributed by atoms with Gasteiger partial charge in [0, 0.05) is 17.3 Å². The van der Waals surface area contributed by atoms with E-state index < -0.39 is 0 Å². The zero-order valence-electron chi connectivity index (χ0n) is 14.0. The molecule has 0 aliphatic rings. The van der Waals surface area contributed by atoms with Crippen molar-refractivity contribution in [1.82, 2.24) is 15.0 Å². The van der Waals surface area contributed by atoms with Gasteiger partial charge in [-0.1, -0.05) is 40.9 Å². The van der Waals surface area contributed by atoms with Crippen molar-refractivity contribution in [2.45, 2.75) is 26.2 Å². The lowest BCUT2D eigenvalue weighted by Gasteiger charge is -2.08. The fourth-order valence-corrected chi connectivity index (χ4v) is 3.07. The summed E-state index contributed by atoms with van der Waals surface area (Å²) in [6.45, 7) is 1.88. The Bertz CT molecular complexity index is 901. The van der Waals surface area contributed by atoms with Crippen LogP contribution in [0.1, 0.15) is 23.4 Å². The minimum Gasteiger partial charge on any atom is -0.437 e. The predicted octanol–water partition coefficient (Wildman–Crippen LogP) is 6.11. The first-order valence-electron chi connectivity index (χ1n) is 8.07. The highest BCUT2D eigenvalue weighted by Gasteiger charge is 2.07. The van der Waals surface area contributed by atoms with Gasteiger partial charge in [-0.15, -0.1) is 0 Å². The highest BCUT2D eigenvalue weighted by atomic mass is 35.5. The van der Waals surface area contributed by atoms with Crippen LogP contribution in [0.2, 0.25) is 15.1 Å². The first-order chi connectivity index (χ1) is 12.5. The molecular formula is C19H16Cl3N3O. The maximum atomic E-state index is 6.22. The maximum absolute atomic E-state index is 6.22. The van der Waals surface area contributed by atoms with E-state index >= 15 is 0 Å². The van der Waals surface area contributed by atoms with E-state index in [-0.39, 0.29) is 0 Å². The summed E-state index contributed by atoms with van der Waals surface area (Å²) in [5.41, 5.74) is 2.80. The van der Waals surface area contributed by atoms with Crippen LogP contribution < -0.4 is 4.74 Å². The first-order valence-corrected chi connectivity index (χ1v) is 9.20. The number of benzene rings is 1. The van der Waals surface area contributed by atoms with Crippen LogP contribution in [0.4, 0.5) is 0 Å². The molecule has 0 aliphatic heterocycles. The number of halogens is 3. The summed E-state index contributed by atoms with van der Waals surface area (Å²) in [4.78, 5) is 12.7. The van der Waals surface area contributed by atoms with Crippen molar-refractivity contribution >= 4 is 34.8 Å². The minimum absolute atomic E-state index is 0.445. The molecule has 0 saturated carbocycles. The van der Waals surface area contributed by atoms with Crippen LogP contribution in [0, 0.1) is 6.92 Å². The van der Waals surface area contributed by atoms with Crippen molar-refractivity contribution in [1.29, 1.82) is 0 Å². The lowest BCUT2D eigenvalue weighted by Crippen LogP contribution is -1.98. The van der Waals surface area contributed by atoms with Gasteiger partial charge in [0.1, 0.15) is 12.1 Å². The predicted molar refractivity (Wildman–Crippen MR) is 105 cm³/mol. The minimum atomic E-state index is 0.445. The van der Waals surface area contributed by atoms with E-state index in [1.807, 2.05) is 19.1 Å². The standard InChI is InChI=1S/C19H16Cl3N3O/c1-12-19(22)16(25-11-24-12)4-2-3-13-5-8-18(23-10-13)26-17-7-6-14(20)9-15(17)21/h5-11H,2-4H2,1H3. The van der Waals surface area contributed by atoms with Gasteiger partial charge < -0.3 is 4.74 Å². The molecule has 0 unspecified atom stereocenters. The molecule has 4 nitrogen and oxygen atoms in total. The normalized spacial score (nSPS) is 10.8. The molecule has 7 heteroatoms. The molecule has 2 aromatic heterocycles. The summed E-state index contributed by atoms with van der Waals surface area (Å²) < 4.78 is 5.69. The van der Waals surface area contributed by atoms with Gasteiger partial charge in [0.05, 0.1) is 21.4 Å². The molecule has 26 heavy (non-hydrogen) atoms. The number of pyridine rings is 1. The lowest BCUT2D eigenvalue weighted by atomic mass is 10.1. The summed E-state index contributed by atoms with van der Waals surface area (Å²) in [5.74, 6) is 0.998. The fourth-order valence-electron chi connectivity index (χ4n) is 2.43. The van der Waals surface area contributed by atoms with Crippen molar-refractivity contribution in [2.24, 2.45) is 0 Å². The topological polar surface area (TPSA) is 47.9 Å². The molecular weight excluding hydrogens is 393 g/mol. The molecule has 134 valence electrons. The molecule has 2 heterocycles. The van der Waals surface area contributed by atoms with Gasteiger partial charge in [0.15, 0.2) is 0 Å². The van der Waals surface area contributed by atoms with Crippen LogP contribution in [0.3, 0.4) is 0 Å². The van der Waals surface area contributed by atoms with Gasteiger partial charge in [0.25, 0.3) is 0 Å². The van der Waals surface area contributed by atoms with Crippen molar-refractivity contribution in [3.05, 3.63) is 74.9 Å². The molecule has 0 spiro atoms. The Kier molecular flexibility index (Phi) is 6.30. The number of hydrogen-bond donors (Lipinski definition) is 0. The third kappa shape index (κ3) is 4.85. The largest absolute Gasteiger partial charge is 0.437 e. The van der Waals surface area contributed by atoms with Gasteiger partial charge in [0.2, 0.25) is 5.88 Å². The Labute approximate surface area is 167 Å². The summed E-state index contributed by atoms with van der Waals surface area (Å²) in [5, 5.41) is 1.65. The molecule has 0 amide bonds. The molecule has 0 radical (unpaired) electrons. The second-order valence-corrected chi connectivity index (χ2v) is 6.98. The van der Waals surface area contributed by atoms with Gasteiger partial charge in [-0.2, -0.15) is 0 Å². The molecule has 3 aromatic rings. The molecule has 0 saturated heterocycles. The number of ether oxygens (including phenoxy) is 1. The smallest absolute Gasteiger partial charge is 0.219 e. The van der Waals surface area contributed by atoms with E-state index in [0.29, 0.717) is 26.7 Å². The van der Waals surface area contributed by atoms with E-state index in [1.165, 1.54) is 0 Å². The Morgan fingerprint density at radius 2 is 1.81 bits per heavy atom. The SMILES string of the molecule is Cc1ncnc(CCCc2ccc(Oc3ccc(Cl)cc3Cl)nc2)c1Cl. The van der Waals surface area contributed by atoms with Crippen LogP contribution in [-0.2, 0) is 12.8 Å². The highest BCUT2D eigenvalue weighted by Crippen LogP contribution is 2.30. The summed E-state index contributed by atoms with van der Waals surface area (Å²) in [7, 11) is 0. The second kappa shape index (κ2) is 8.67. The van der Waals surface area contributed by atoms with Crippen molar-refractivity contribution in [3.63, 3.8) is 0 Å². The number of rotatable bonds is 6. The molecule has 0 N–H and O–H groups in total. The molecule has 1 aromatic carbocycles.